The van der Waals surface area contributed by atoms with Gasteiger partial charge in [-0.05, 0) is 12.5 Å². The molecule has 0 N–H and O–H groups in total. The molecule has 1 fully saturated rings. The number of carbonyl (C=O) groups excluding carboxylic acids is 2. The van der Waals surface area contributed by atoms with Crippen LogP contribution in [0, 0.1) is 0 Å². The number of carboxylic acids is 1. The number of hydrogen-bond donors (Lipinski definition) is 0. The Labute approximate surface area is 145 Å². The molecule has 1 heterocycles. The van der Waals surface area contributed by atoms with Crippen LogP contribution in [-0.4, -0.2) is 36.7 Å². The van der Waals surface area contributed by atoms with Crippen molar-refractivity contribution < 1.29 is 31.2 Å². The van der Waals surface area contributed by atoms with Crippen LogP contribution in [0.4, 0.5) is 5.69 Å². The van der Waals surface area contributed by atoms with Crippen molar-refractivity contribution in [2.75, 3.05) is 13.1 Å². The van der Waals surface area contributed by atoms with Crippen LogP contribution in [0.5, 0.6) is 0 Å². The van der Waals surface area contributed by atoms with Crippen LogP contribution in [0.15, 0.2) is 29.3 Å². The maximum absolute atomic E-state index is 12.2. The summed E-state index contributed by atoms with van der Waals surface area (Å²) in [5.41, 5.74) is 1.65. The fourth-order valence-corrected chi connectivity index (χ4v) is 2.33. The topological polar surface area (TPSA) is 97.8 Å². The molecule has 2 rings (SSSR count). The van der Waals surface area contributed by atoms with Crippen molar-refractivity contribution in [2.24, 2.45) is 4.99 Å². The van der Waals surface area contributed by atoms with E-state index in [9.17, 15) is 14.7 Å². The Morgan fingerprint density at radius 2 is 2.09 bits per heavy atom. The number of piperidine rings is 1. The monoisotopic (exact) mass is 358 g/mol. The number of amides is 1. The molecule has 0 aliphatic carbocycles. The van der Waals surface area contributed by atoms with E-state index in [1.54, 1.807) is 31.2 Å². The van der Waals surface area contributed by atoms with Crippen molar-refractivity contribution in [1.29, 1.82) is 0 Å². The van der Waals surface area contributed by atoms with E-state index in [2.05, 4.69) is 15.6 Å². The zero-order chi connectivity index (χ0) is 15.9. The molecule has 0 saturated carbocycles. The van der Waals surface area contributed by atoms with Gasteiger partial charge in [0.2, 0.25) is 0 Å². The van der Waals surface area contributed by atoms with Crippen molar-refractivity contribution in [3.05, 3.63) is 40.5 Å². The number of para-hydroxylation sites is 1. The molecular weight excluding hydrogens is 341 g/mol. The SMILES string of the molecule is CC(=NCC(=O)[O-])c1ccccc1[N-]C(=O)C1CCCC[N-]1.[Ni+3]. The molecule has 1 unspecified atom stereocenters. The Kier molecular flexibility index (Phi) is 7.92. The fourth-order valence-electron chi connectivity index (χ4n) is 2.33. The second-order valence-electron chi connectivity index (χ2n) is 5.16. The molecular formula is C16H18N3NiO3. The van der Waals surface area contributed by atoms with E-state index in [4.69, 9.17) is 0 Å². The van der Waals surface area contributed by atoms with Crippen molar-refractivity contribution in [2.45, 2.75) is 32.2 Å². The number of benzene rings is 1. The Hall–Kier alpha value is -1.72. The quantitative estimate of drug-likeness (QED) is 0.591. The van der Waals surface area contributed by atoms with Crippen LogP contribution >= 0.6 is 0 Å². The van der Waals surface area contributed by atoms with Crippen molar-refractivity contribution in [3.8, 4) is 0 Å². The van der Waals surface area contributed by atoms with Gasteiger partial charge in [-0.1, -0.05) is 49.6 Å². The normalized spacial score (nSPS) is 18.0. The van der Waals surface area contributed by atoms with Crippen molar-refractivity contribution in [3.63, 3.8) is 0 Å². The molecule has 1 aromatic carbocycles. The molecule has 7 heteroatoms. The predicted molar refractivity (Wildman–Crippen MR) is 82.4 cm³/mol. The Bertz CT molecular complexity index is 584. The summed E-state index contributed by atoms with van der Waals surface area (Å²) in [5, 5.41) is 19.0. The van der Waals surface area contributed by atoms with Crippen LogP contribution in [0.2, 0.25) is 0 Å². The van der Waals surface area contributed by atoms with Crippen molar-refractivity contribution in [1.82, 2.24) is 0 Å². The average Bonchev–Trinajstić information content (AvgIpc) is 2.54. The maximum atomic E-state index is 12.2. The zero-order valence-corrected chi connectivity index (χ0v) is 13.8. The largest absolute Gasteiger partial charge is 3.00 e. The first-order valence-electron chi connectivity index (χ1n) is 7.30. The molecule has 23 heavy (non-hydrogen) atoms. The Morgan fingerprint density at radius 1 is 1.35 bits per heavy atom. The van der Waals surface area contributed by atoms with E-state index in [0.717, 1.165) is 19.3 Å². The number of aliphatic carboxylic acids is 1. The summed E-state index contributed by atoms with van der Waals surface area (Å²) < 4.78 is 0. The van der Waals surface area contributed by atoms with E-state index in [1.165, 1.54) is 0 Å². The van der Waals surface area contributed by atoms with Gasteiger partial charge in [0, 0.05) is 11.6 Å². The minimum absolute atomic E-state index is 0. The maximum Gasteiger partial charge on any atom is 3.00 e. The van der Waals surface area contributed by atoms with Crippen LogP contribution in [0.3, 0.4) is 0 Å². The molecule has 0 aromatic heterocycles. The van der Waals surface area contributed by atoms with Gasteiger partial charge in [-0.2, -0.15) is 0 Å². The average molecular weight is 359 g/mol. The zero-order valence-electron chi connectivity index (χ0n) is 12.8. The predicted octanol–water partition coefficient (Wildman–Crippen LogP) is 1.70. The van der Waals surface area contributed by atoms with Crippen LogP contribution in [0.25, 0.3) is 10.6 Å². The smallest absolute Gasteiger partial charge is 0.655 e. The Morgan fingerprint density at radius 3 is 2.74 bits per heavy atom. The van der Waals surface area contributed by atoms with Crippen LogP contribution in [-0.2, 0) is 26.1 Å². The Balaban J connectivity index is 0.00000264. The van der Waals surface area contributed by atoms with Gasteiger partial charge in [-0.15, -0.1) is 12.2 Å². The minimum Gasteiger partial charge on any atom is -0.655 e. The summed E-state index contributed by atoms with van der Waals surface area (Å²) in [6.07, 6.45) is 2.75. The minimum atomic E-state index is -1.24. The third-order valence-electron chi connectivity index (χ3n) is 3.49. The molecule has 1 atom stereocenters. The number of carbonyl (C=O) groups is 2. The molecule has 0 bridgehead atoms. The van der Waals surface area contributed by atoms with E-state index in [1.807, 2.05) is 0 Å². The first kappa shape index (κ1) is 19.3. The van der Waals surface area contributed by atoms with Gasteiger partial charge in [0.25, 0.3) is 0 Å². The third kappa shape index (κ3) is 5.77. The molecule has 1 saturated heterocycles. The van der Waals surface area contributed by atoms with Gasteiger partial charge >= 0.3 is 16.5 Å². The van der Waals surface area contributed by atoms with Gasteiger partial charge < -0.3 is 25.3 Å². The number of hydrogen-bond acceptors (Lipinski definition) is 4. The second kappa shape index (κ2) is 9.43. The first-order chi connectivity index (χ1) is 10.6. The number of carboxylic acid groups (broad SMARTS) is 1. The molecule has 6 nitrogen and oxygen atoms in total. The summed E-state index contributed by atoms with van der Waals surface area (Å²) in [6, 6.07) is 6.69. The summed E-state index contributed by atoms with van der Waals surface area (Å²) >= 11 is 0. The second-order valence-corrected chi connectivity index (χ2v) is 5.16. The van der Waals surface area contributed by atoms with E-state index in [-0.39, 0.29) is 28.4 Å². The van der Waals surface area contributed by atoms with E-state index < -0.39 is 12.5 Å². The third-order valence-corrected chi connectivity index (χ3v) is 3.49. The van der Waals surface area contributed by atoms with Gasteiger partial charge in [-0.3, -0.25) is 4.99 Å². The summed E-state index contributed by atoms with van der Waals surface area (Å²) in [7, 11) is 0. The number of nitrogens with zero attached hydrogens (tertiary/aromatic N) is 3. The summed E-state index contributed by atoms with van der Waals surface area (Å²) in [6.45, 7) is 1.98. The summed E-state index contributed by atoms with van der Waals surface area (Å²) in [4.78, 5) is 26.6. The first-order valence-corrected chi connectivity index (χ1v) is 7.30. The van der Waals surface area contributed by atoms with Crippen LogP contribution in [0.1, 0.15) is 31.7 Å². The van der Waals surface area contributed by atoms with Gasteiger partial charge in [-0.25, -0.2) is 0 Å². The standard InChI is InChI=1S/C16H20N3O3.Ni/c1-11(18-10-15(20)21)12-6-2-3-7-13(12)19-16(22)14-8-4-5-9-17-14;/h2-3,6-7,14H,4-5,8-10H2,1H3,(H2,18,19,20,21,22);/q-1;+3/p-2. The van der Waals surface area contributed by atoms with Gasteiger partial charge in [0.1, 0.15) is 0 Å². The molecule has 1 radical (unpaired) electrons. The number of rotatable bonds is 5. The van der Waals surface area contributed by atoms with Gasteiger partial charge in [0.05, 0.1) is 12.5 Å². The fraction of sp³-hybridized carbons (Fsp3) is 0.438. The molecule has 1 amide bonds. The van der Waals surface area contributed by atoms with Crippen molar-refractivity contribution >= 4 is 23.3 Å². The molecule has 1 aliphatic heterocycles. The van der Waals surface area contributed by atoms with E-state index >= 15 is 0 Å². The molecule has 1 aromatic rings. The summed E-state index contributed by atoms with van der Waals surface area (Å²) in [5.74, 6) is -1.49. The molecule has 0 spiro atoms. The van der Waals surface area contributed by atoms with Gasteiger partial charge in [0.15, 0.2) is 0 Å². The molecule has 1 aliphatic rings. The van der Waals surface area contributed by atoms with Crippen LogP contribution < -0.4 is 5.11 Å². The molecule has 125 valence electrons. The number of aliphatic imine (C=N–C) groups is 1. The van der Waals surface area contributed by atoms with E-state index in [0.29, 0.717) is 23.5 Å².